The molecule has 0 atom stereocenters. The molecule has 0 fully saturated rings. The largest absolute Gasteiger partial charge is 0.438 e. The van der Waals surface area contributed by atoms with Gasteiger partial charge in [-0.2, -0.15) is 34.8 Å². The molecule has 0 spiro atoms. The lowest BCUT2D eigenvalue weighted by Gasteiger charge is -2.36. The van der Waals surface area contributed by atoms with E-state index in [1.165, 1.54) is 22.7 Å². The quantitative estimate of drug-likeness (QED) is 0.184. The van der Waals surface area contributed by atoms with E-state index in [-0.39, 0.29) is 47.0 Å². The van der Waals surface area contributed by atoms with Crippen molar-refractivity contribution in [3.63, 3.8) is 0 Å². The van der Waals surface area contributed by atoms with E-state index in [2.05, 4.69) is 10.1 Å². The number of rotatable bonds is 9. The monoisotopic (exact) mass is 572 g/mol. The second kappa shape index (κ2) is 11.6. The lowest BCUT2D eigenvalue weighted by atomic mass is 9.78. The van der Waals surface area contributed by atoms with Crippen LogP contribution in [0.2, 0.25) is 0 Å². The fourth-order valence-corrected chi connectivity index (χ4v) is 4.92. The Balaban J connectivity index is 4.28. The maximum absolute atomic E-state index is 13.8. The summed E-state index contributed by atoms with van der Waals surface area (Å²) in [4.78, 5) is 38.5. The number of esters is 1. The summed E-state index contributed by atoms with van der Waals surface area (Å²) in [5.74, 6) is -6.57. The van der Waals surface area contributed by atoms with Crippen molar-refractivity contribution in [3.05, 3.63) is 22.3 Å². The summed E-state index contributed by atoms with van der Waals surface area (Å²) in [6, 6.07) is 0. The SMILES string of the molecule is BCc1c(NC(C)=O)c(CB)c(N(C)C(C)=O)c(CB)c1C(=O)OC(CS(=O)(=O)O)(C(F)(F)F)C(F)(F)F. The number of benzene rings is 1. The standard InChI is InChI=1S/C19H25B3F6N2O7S/c1-8(31)29-14-10(4-20)13(11(5-21)15(12(14)6-22)30(3)9(2)32)16(33)37-17(18(23,24)25,19(26,27)28)7-38(34,35)36/h4-7,20-22H2,1-3H3,(H,29,31)(H,34,35,36). The zero-order chi connectivity index (χ0) is 30.0. The number of halogens is 6. The Labute approximate surface area is 217 Å². The van der Waals surface area contributed by atoms with Crippen LogP contribution < -0.4 is 10.2 Å². The summed E-state index contributed by atoms with van der Waals surface area (Å²) in [5, 5.41) is 2.42. The fourth-order valence-electron chi connectivity index (χ4n) is 4.02. The average Bonchev–Trinajstić information content (AvgIpc) is 2.73. The maximum Gasteiger partial charge on any atom is 0.438 e. The predicted molar refractivity (Wildman–Crippen MR) is 133 cm³/mol. The van der Waals surface area contributed by atoms with Crippen LogP contribution in [0.25, 0.3) is 0 Å². The molecular weight excluding hydrogens is 547 g/mol. The minimum atomic E-state index is -6.53. The molecule has 1 aromatic carbocycles. The van der Waals surface area contributed by atoms with Crippen LogP contribution in [0.4, 0.5) is 37.7 Å². The Kier molecular flexibility index (Phi) is 10.2. The van der Waals surface area contributed by atoms with Crippen molar-refractivity contribution in [3.8, 4) is 0 Å². The molecule has 19 heteroatoms. The summed E-state index contributed by atoms with van der Waals surface area (Å²) < 4.78 is 119. The zero-order valence-corrected chi connectivity index (χ0v) is 22.2. The third-order valence-electron chi connectivity index (χ3n) is 5.72. The van der Waals surface area contributed by atoms with Gasteiger partial charge in [0.15, 0.2) is 0 Å². The molecule has 0 aliphatic rings. The predicted octanol–water partition coefficient (Wildman–Crippen LogP) is -0.0650. The van der Waals surface area contributed by atoms with E-state index >= 15 is 0 Å². The van der Waals surface area contributed by atoms with E-state index in [9.17, 15) is 49.1 Å². The molecule has 0 aliphatic heterocycles. The topological polar surface area (TPSA) is 130 Å². The van der Waals surface area contributed by atoms with E-state index in [0.29, 0.717) is 0 Å². The van der Waals surface area contributed by atoms with Gasteiger partial charge in [-0.3, -0.25) is 14.1 Å². The molecule has 0 radical (unpaired) electrons. The van der Waals surface area contributed by atoms with Crippen LogP contribution in [-0.2, 0) is 43.4 Å². The molecular formula is C19H25B3F6N2O7S. The minimum absolute atomic E-state index is 0.0465. The van der Waals surface area contributed by atoms with Crippen LogP contribution in [0.3, 0.4) is 0 Å². The summed E-state index contributed by atoms with van der Waals surface area (Å²) >= 11 is 0. The van der Waals surface area contributed by atoms with E-state index in [4.69, 9.17) is 4.55 Å². The van der Waals surface area contributed by atoms with E-state index in [1.807, 2.05) is 0 Å². The second-order valence-electron chi connectivity index (χ2n) is 8.29. The molecule has 38 heavy (non-hydrogen) atoms. The number of nitrogens with zero attached hydrogens (tertiary/aromatic N) is 1. The lowest BCUT2D eigenvalue weighted by molar-refractivity contribution is -0.356. The van der Waals surface area contributed by atoms with Gasteiger partial charge < -0.3 is 15.0 Å². The number of amides is 2. The normalized spacial score (nSPS) is 12.7. The van der Waals surface area contributed by atoms with Gasteiger partial charge in [-0.1, -0.05) is 19.0 Å². The van der Waals surface area contributed by atoms with Crippen molar-refractivity contribution in [1.82, 2.24) is 0 Å². The van der Waals surface area contributed by atoms with Gasteiger partial charge in [0, 0.05) is 26.6 Å². The van der Waals surface area contributed by atoms with Crippen LogP contribution in [0.15, 0.2) is 0 Å². The molecule has 1 rings (SSSR count). The molecule has 2 N–H and O–H groups in total. The van der Waals surface area contributed by atoms with Gasteiger partial charge in [0.2, 0.25) is 11.8 Å². The highest BCUT2D eigenvalue weighted by molar-refractivity contribution is 7.85. The van der Waals surface area contributed by atoms with Crippen molar-refractivity contribution < 1.29 is 58.4 Å². The molecule has 0 saturated carbocycles. The summed E-state index contributed by atoms with van der Waals surface area (Å²) in [6.07, 6.45) is -13.3. The molecule has 1 aromatic rings. The van der Waals surface area contributed by atoms with Crippen LogP contribution in [0.5, 0.6) is 0 Å². The average molecular weight is 572 g/mol. The molecule has 0 aromatic heterocycles. The highest BCUT2D eigenvalue weighted by Crippen LogP contribution is 2.48. The third-order valence-corrected chi connectivity index (χ3v) is 6.49. The molecule has 210 valence electrons. The van der Waals surface area contributed by atoms with Crippen molar-refractivity contribution in [2.75, 3.05) is 23.0 Å². The summed E-state index contributed by atoms with van der Waals surface area (Å²) in [5.41, 5.74) is -6.69. The summed E-state index contributed by atoms with van der Waals surface area (Å²) in [6.45, 7) is 2.19. The van der Waals surface area contributed by atoms with Gasteiger partial charge in [0.25, 0.3) is 10.1 Å². The van der Waals surface area contributed by atoms with E-state index in [1.54, 1.807) is 7.85 Å². The van der Waals surface area contributed by atoms with Gasteiger partial charge >= 0.3 is 23.9 Å². The first-order valence-corrected chi connectivity index (χ1v) is 12.7. The van der Waals surface area contributed by atoms with Crippen LogP contribution >= 0.6 is 0 Å². The number of alkyl halides is 6. The second-order valence-corrected chi connectivity index (χ2v) is 9.74. The van der Waals surface area contributed by atoms with Crippen molar-refractivity contribution in [1.29, 1.82) is 0 Å². The molecule has 0 aliphatic carbocycles. The Bertz CT molecular complexity index is 1210. The smallest absolute Gasteiger partial charge is 0.435 e. The van der Waals surface area contributed by atoms with Gasteiger partial charge in [0.1, 0.15) is 29.3 Å². The van der Waals surface area contributed by atoms with Crippen LogP contribution in [-0.4, -0.2) is 85.0 Å². The van der Waals surface area contributed by atoms with Crippen molar-refractivity contribution in [2.45, 2.75) is 50.8 Å². The minimum Gasteiger partial charge on any atom is -0.435 e. The van der Waals surface area contributed by atoms with Crippen LogP contribution in [0.1, 0.15) is 40.9 Å². The van der Waals surface area contributed by atoms with Crippen LogP contribution in [0, 0.1) is 0 Å². The first-order chi connectivity index (χ1) is 17.1. The first-order valence-electron chi connectivity index (χ1n) is 11.1. The van der Waals surface area contributed by atoms with Gasteiger partial charge in [-0.15, -0.1) is 0 Å². The Morgan fingerprint density at radius 3 is 1.68 bits per heavy atom. The first kappa shape index (κ1) is 33.3. The van der Waals surface area contributed by atoms with Crippen molar-refractivity contribution in [2.24, 2.45) is 0 Å². The van der Waals surface area contributed by atoms with Gasteiger partial charge in [0.05, 0.1) is 11.3 Å². The van der Waals surface area contributed by atoms with Gasteiger partial charge in [-0.05, 0) is 16.7 Å². The number of hydrogen-bond donors (Lipinski definition) is 2. The van der Waals surface area contributed by atoms with E-state index in [0.717, 1.165) is 18.7 Å². The third kappa shape index (κ3) is 6.65. The van der Waals surface area contributed by atoms with E-state index < -0.39 is 57.2 Å². The molecule has 0 heterocycles. The molecule has 0 saturated heterocycles. The number of ether oxygens (including phenoxy) is 1. The Hall–Kier alpha value is -2.69. The highest BCUT2D eigenvalue weighted by atomic mass is 32.2. The van der Waals surface area contributed by atoms with Crippen molar-refractivity contribution >= 4 is 62.8 Å². The maximum atomic E-state index is 13.8. The zero-order valence-electron chi connectivity index (χ0n) is 21.3. The number of anilines is 2. The molecule has 0 bridgehead atoms. The Morgan fingerprint density at radius 2 is 1.37 bits per heavy atom. The molecule has 2 amide bonds. The molecule has 0 unspecified atom stereocenters. The van der Waals surface area contributed by atoms with Gasteiger partial charge in [-0.25, -0.2) is 4.79 Å². The number of nitrogens with one attached hydrogen (secondary N) is 1. The summed E-state index contributed by atoms with van der Waals surface area (Å²) in [7, 11) is -0.317. The lowest BCUT2D eigenvalue weighted by Crippen LogP contribution is -2.63. The highest BCUT2D eigenvalue weighted by Gasteiger charge is 2.76. The number of hydrogen-bond acceptors (Lipinski definition) is 6. The number of carbonyl (C=O) groups is 3. The fraction of sp³-hybridized carbons (Fsp3) is 0.526. The number of carbonyl (C=O) groups excluding carboxylic acids is 3. The molecule has 9 nitrogen and oxygen atoms in total. The Morgan fingerprint density at radius 1 is 0.921 bits per heavy atom.